The topological polar surface area (TPSA) is 104 Å². The molecule has 0 spiro atoms. The lowest BCUT2D eigenvalue weighted by Crippen LogP contribution is -2.49. The molecule has 1 aromatic carbocycles. The zero-order chi connectivity index (χ0) is 21.6. The Labute approximate surface area is 169 Å². The molecule has 1 aliphatic rings. The van der Waals surface area contributed by atoms with E-state index in [4.69, 9.17) is 4.55 Å². The maximum absolute atomic E-state index is 11.7. The summed E-state index contributed by atoms with van der Waals surface area (Å²) >= 11 is 0. The third-order valence-corrected chi connectivity index (χ3v) is 4.94. The van der Waals surface area contributed by atoms with Gasteiger partial charge in [-0.15, -0.1) is 0 Å². The van der Waals surface area contributed by atoms with Gasteiger partial charge in [-0.3, -0.25) is 14.7 Å². The summed E-state index contributed by atoms with van der Waals surface area (Å²) in [6.07, 6.45) is 7.12. The molecule has 0 heterocycles. The number of fused-ring (bicyclic) bond motifs is 1. The highest BCUT2D eigenvalue weighted by atomic mass is 32.2. The predicted molar refractivity (Wildman–Crippen MR) is 112 cm³/mol. The van der Waals surface area contributed by atoms with Crippen LogP contribution in [0.25, 0.3) is 0 Å². The third-order valence-electron chi connectivity index (χ3n) is 4.94. The molecule has 0 amide bonds. The molecular weight excluding hydrogens is 378 g/mol. The Kier molecular flexibility index (Phi) is 8.65. The molecule has 0 aliphatic heterocycles. The standard InChI is InChI=1S/C20H31NO2.CH4O3S/c1-19(2,3)11-12-20(4,18(22)23)21-14-15-9-10-16-7-5-6-8-17(16)13-15;1-5(2,3)4/h9-10,13,21H,5-8,11-12,14H2,1-4H3,(H,22,23);1H3,(H,2,3,4). The van der Waals surface area contributed by atoms with Crippen LogP contribution in [0.2, 0.25) is 0 Å². The summed E-state index contributed by atoms with van der Waals surface area (Å²) in [5.41, 5.74) is 3.37. The Hall–Kier alpha value is -1.44. The van der Waals surface area contributed by atoms with Crippen molar-refractivity contribution in [2.24, 2.45) is 5.41 Å². The molecule has 6 nitrogen and oxygen atoms in total. The Morgan fingerprint density at radius 2 is 1.61 bits per heavy atom. The van der Waals surface area contributed by atoms with Gasteiger partial charge in [-0.05, 0) is 67.6 Å². The van der Waals surface area contributed by atoms with Crippen molar-refractivity contribution in [1.29, 1.82) is 0 Å². The molecule has 2 rings (SSSR count). The van der Waals surface area contributed by atoms with Crippen LogP contribution in [0.5, 0.6) is 0 Å². The summed E-state index contributed by atoms with van der Waals surface area (Å²) in [6, 6.07) is 6.62. The fraction of sp³-hybridized carbons (Fsp3) is 0.667. The molecule has 1 aromatic rings. The molecule has 1 atom stereocenters. The van der Waals surface area contributed by atoms with E-state index in [1.165, 1.54) is 36.0 Å². The smallest absolute Gasteiger partial charge is 0.323 e. The van der Waals surface area contributed by atoms with Gasteiger partial charge in [0, 0.05) is 6.54 Å². The second kappa shape index (κ2) is 9.85. The molecule has 0 saturated heterocycles. The number of benzene rings is 1. The van der Waals surface area contributed by atoms with E-state index in [2.05, 4.69) is 44.3 Å². The Morgan fingerprint density at radius 1 is 1.07 bits per heavy atom. The quantitative estimate of drug-likeness (QED) is 0.612. The number of rotatable bonds is 6. The van der Waals surface area contributed by atoms with E-state index >= 15 is 0 Å². The third kappa shape index (κ3) is 9.66. The lowest BCUT2D eigenvalue weighted by molar-refractivity contribution is -0.144. The van der Waals surface area contributed by atoms with Crippen molar-refractivity contribution in [1.82, 2.24) is 5.32 Å². The lowest BCUT2D eigenvalue weighted by atomic mass is 9.83. The van der Waals surface area contributed by atoms with Crippen LogP contribution in [-0.4, -0.2) is 35.8 Å². The predicted octanol–water partition coefficient (Wildman–Crippen LogP) is 3.83. The molecule has 0 saturated carbocycles. The molecule has 1 aliphatic carbocycles. The van der Waals surface area contributed by atoms with Gasteiger partial charge >= 0.3 is 5.97 Å². The lowest BCUT2D eigenvalue weighted by Gasteiger charge is -2.30. The van der Waals surface area contributed by atoms with Crippen LogP contribution in [0.15, 0.2) is 18.2 Å². The highest BCUT2D eigenvalue weighted by Crippen LogP contribution is 2.27. The van der Waals surface area contributed by atoms with Crippen molar-refractivity contribution in [2.45, 2.75) is 78.3 Å². The summed E-state index contributed by atoms with van der Waals surface area (Å²) in [6.45, 7) is 8.87. The van der Waals surface area contributed by atoms with Gasteiger partial charge in [-0.2, -0.15) is 8.42 Å². The van der Waals surface area contributed by atoms with Gasteiger partial charge in [0.05, 0.1) is 6.26 Å². The molecular formula is C21H35NO5S. The summed E-state index contributed by atoms with van der Waals surface area (Å²) in [5.74, 6) is -0.764. The Balaban J connectivity index is 0.000000696. The number of hydrogen-bond donors (Lipinski definition) is 3. The molecule has 0 fully saturated rings. The van der Waals surface area contributed by atoms with E-state index in [0.717, 1.165) is 12.8 Å². The van der Waals surface area contributed by atoms with Crippen molar-refractivity contribution in [3.05, 3.63) is 34.9 Å². The molecule has 1 unspecified atom stereocenters. The number of nitrogens with one attached hydrogen (secondary N) is 1. The van der Waals surface area contributed by atoms with Gasteiger partial charge in [0.25, 0.3) is 10.1 Å². The fourth-order valence-corrected chi connectivity index (χ4v) is 3.09. The van der Waals surface area contributed by atoms with Gasteiger partial charge in [0.2, 0.25) is 0 Å². The maximum atomic E-state index is 11.7. The number of carbonyl (C=O) groups is 1. The van der Waals surface area contributed by atoms with Crippen LogP contribution >= 0.6 is 0 Å². The first-order valence-electron chi connectivity index (χ1n) is 9.71. The molecule has 28 heavy (non-hydrogen) atoms. The van der Waals surface area contributed by atoms with Crippen molar-refractivity contribution >= 4 is 16.1 Å². The van der Waals surface area contributed by atoms with Crippen molar-refractivity contribution in [3.63, 3.8) is 0 Å². The largest absolute Gasteiger partial charge is 0.480 e. The average Bonchev–Trinajstić information content (AvgIpc) is 2.56. The minimum Gasteiger partial charge on any atom is -0.480 e. The second-order valence-electron chi connectivity index (χ2n) is 9.09. The number of aryl methyl sites for hydroxylation is 2. The zero-order valence-corrected chi connectivity index (χ0v) is 18.5. The van der Waals surface area contributed by atoms with E-state index in [1.54, 1.807) is 6.92 Å². The van der Waals surface area contributed by atoms with Gasteiger partial charge < -0.3 is 5.11 Å². The first-order valence-corrected chi connectivity index (χ1v) is 11.6. The number of hydrogen-bond acceptors (Lipinski definition) is 4. The van der Waals surface area contributed by atoms with E-state index in [-0.39, 0.29) is 5.41 Å². The second-order valence-corrected chi connectivity index (χ2v) is 10.6. The Bertz CT molecular complexity index is 759. The summed E-state index contributed by atoms with van der Waals surface area (Å²) in [4.78, 5) is 11.7. The maximum Gasteiger partial charge on any atom is 0.323 e. The van der Waals surface area contributed by atoms with E-state index in [9.17, 15) is 18.3 Å². The number of carboxylic acids is 1. The van der Waals surface area contributed by atoms with E-state index in [0.29, 0.717) is 19.2 Å². The normalized spacial score (nSPS) is 16.4. The highest BCUT2D eigenvalue weighted by Gasteiger charge is 2.33. The molecule has 7 heteroatoms. The fourth-order valence-electron chi connectivity index (χ4n) is 3.09. The zero-order valence-electron chi connectivity index (χ0n) is 17.7. The van der Waals surface area contributed by atoms with Crippen LogP contribution in [0, 0.1) is 5.41 Å². The van der Waals surface area contributed by atoms with Crippen molar-refractivity contribution in [3.8, 4) is 0 Å². The molecule has 160 valence electrons. The van der Waals surface area contributed by atoms with Crippen LogP contribution in [-0.2, 0) is 34.3 Å². The van der Waals surface area contributed by atoms with Crippen molar-refractivity contribution in [2.75, 3.05) is 6.26 Å². The van der Waals surface area contributed by atoms with Crippen molar-refractivity contribution < 1.29 is 22.9 Å². The van der Waals surface area contributed by atoms with Crippen LogP contribution in [0.3, 0.4) is 0 Å². The monoisotopic (exact) mass is 413 g/mol. The van der Waals surface area contributed by atoms with Gasteiger partial charge in [0.1, 0.15) is 5.54 Å². The first kappa shape index (κ1) is 24.6. The average molecular weight is 414 g/mol. The van der Waals surface area contributed by atoms with Crippen LogP contribution < -0.4 is 5.32 Å². The van der Waals surface area contributed by atoms with Crippen LogP contribution in [0.4, 0.5) is 0 Å². The van der Waals surface area contributed by atoms with E-state index in [1.807, 2.05) is 0 Å². The van der Waals surface area contributed by atoms with E-state index < -0.39 is 21.6 Å². The minimum atomic E-state index is -3.67. The molecule has 0 bridgehead atoms. The van der Waals surface area contributed by atoms with Crippen LogP contribution in [0.1, 0.15) is 70.1 Å². The SMILES string of the molecule is CC(C)(C)CCC(C)(NCc1ccc2c(c1)CCCC2)C(=O)O.CS(=O)(=O)O. The molecule has 0 radical (unpaired) electrons. The summed E-state index contributed by atoms with van der Waals surface area (Å²) in [5, 5.41) is 12.9. The number of carboxylic acid groups (broad SMARTS) is 1. The molecule has 0 aromatic heterocycles. The highest BCUT2D eigenvalue weighted by molar-refractivity contribution is 7.85. The summed E-state index contributed by atoms with van der Waals surface area (Å²) in [7, 11) is -3.67. The van der Waals surface area contributed by atoms with Gasteiger partial charge in [-0.1, -0.05) is 39.0 Å². The van der Waals surface area contributed by atoms with Gasteiger partial charge in [-0.25, -0.2) is 0 Å². The number of aliphatic carboxylic acids is 1. The minimum absolute atomic E-state index is 0.143. The molecule has 3 N–H and O–H groups in total. The van der Waals surface area contributed by atoms with Gasteiger partial charge in [0.15, 0.2) is 0 Å². The Morgan fingerprint density at radius 3 is 2.11 bits per heavy atom. The summed E-state index contributed by atoms with van der Waals surface area (Å²) < 4.78 is 25.9. The first-order chi connectivity index (χ1) is 12.7.